The van der Waals surface area contributed by atoms with E-state index in [1.165, 1.54) is 0 Å². The molecular weight excluding hydrogens is 267 g/mol. The Balaban J connectivity index is 2.16. The summed E-state index contributed by atoms with van der Waals surface area (Å²) in [4.78, 5) is 2.34. The molecule has 4 heteroatoms. The van der Waals surface area contributed by atoms with Crippen LogP contribution in [-0.2, 0) is 4.74 Å². The summed E-state index contributed by atoms with van der Waals surface area (Å²) < 4.78 is 19.5. The highest BCUT2D eigenvalue weighted by atomic mass is 19.1. The molecule has 2 atom stereocenters. The molecule has 0 radical (unpaired) electrons. The second-order valence-electron chi connectivity index (χ2n) is 5.79. The van der Waals surface area contributed by atoms with E-state index in [0.717, 1.165) is 50.2 Å². The minimum atomic E-state index is -0.174. The third-order valence-electron chi connectivity index (χ3n) is 4.17. The normalized spacial score (nSPS) is 20.6. The molecule has 2 unspecified atom stereocenters. The molecule has 21 heavy (non-hydrogen) atoms. The summed E-state index contributed by atoms with van der Waals surface area (Å²) in [5, 5.41) is 3.21. The van der Waals surface area contributed by atoms with Crippen molar-refractivity contribution in [3.8, 4) is 0 Å². The Morgan fingerprint density at radius 2 is 2.29 bits per heavy atom. The van der Waals surface area contributed by atoms with E-state index < -0.39 is 0 Å². The summed E-state index contributed by atoms with van der Waals surface area (Å²) in [6.07, 6.45) is 3.59. The van der Waals surface area contributed by atoms with Gasteiger partial charge in [0.1, 0.15) is 5.82 Å². The van der Waals surface area contributed by atoms with Crippen LogP contribution in [0, 0.1) is 5.82 Å². The molecule has 1 aromatic carbocycles. The quantitative estimate of drug-likeness (QED) is 0.869. The van der Waals surface area contributed by atoms with E-state index in [9.17, 15) is 4.39 Å². The molecule has 1 aromatic rings. The Hall–Kier alpha value is -1.13. The van der Waals surface area contributed by atoms with Crippen LogP contribution in [0.1, 0.15) is 44.7 Å². The van der Waals surface area contributed by atoms with Gasteiger partial charge in [0.2, 0.25) is 0 Å². The number of rotatable bonds is 6. The molecule has 1 fully saturated rings. The van der Waals surface area contributed by atoms with E-state index in [-0.39, 0.29) is 11.9 Å². The van der Waals surface area contributed by atoms with E-state index in [0.29, 0.717) is 6.10 Å². The molecule has 1 heterocycles. The lowest BCUT2D eigenvalue weighted by atomic mass is 10.0. The van der Waals surface area contributed by atoms with Gasteiger partial charge in [-0.2, -0.15) is 0 Å². The van der Waals surface area contributed by atoms with Crippen LogP contribution in [0.3, 0.4) is 0 Å². The van der Waals surface area contributed by atoms with Gasteiger partial charge in [0.05, 0.1) is 6.10 Å². The molecule has 0 aromatic heterocycles. The number of nitrogens with zero attached hydrogens (tertiary/aromatic N) is 1. The standard InChI is InChI=1S/C17H27FN2O/c1-4-10-21-15-6-5-9-20(12-15)17-8-7-14(18)11-16(17)13(2)19-3/h7-8,11,13,15,19H,4-6,9-10,12H2,1-3H3. The molecule has 1 N–H and O–H groups in total. The second-order valence-corrected chi connectivity index (χ2v) is 5.79. The Morgan fingerprint density at radius 3 is 3.00 bits per heavy atom. The van der Waals surface area contributed by atoms with Gasteiger partial charge in [0.15, 0.2) is 0 Å². The number of nitrogens with one attached hydrogen (secondary N) is 1. The van der Waals surface area contributed by atoms with Gasteiger partial charge in [-0.15, -0.1) is 0 Å². The average Bonchev–Trinajstić information content (AvgIpc) is 2.52. The summed E-state index contributed by atoms with van der Waals surface area (Å²) in [6.45, 7) is 6.93. The first kappa shape index (κ1) is 16.2. The first-order valence-electron chi connectivity index (χ1n) is 7.99. The summed E-state index contributed by atoms with van der Waals surface area (Å²) in [6, 6.07) is 5.23. The number of halogens is 1. The van der Waals surface area contributed by atoms with Gasteiger partial charge in [-0.1, -0.05) is 6.92 Å². The van der Waals surface area contributed by atoms with Crippen molar-refractivity contribution >= 4 is 5.69 Å². The smallest absolute Gasteiger partial charge is 0.123 e. The van der Waals surface area contributed by atoms with Crippen LogP contribution in [0.15, 0.2) is 18.2 Å². The van der Waals surface area contributed by atoms with E-state index in [1.807, 2.05) is 13.1 Å². The first-order chi connectivity index (χ1) is 10.2. The highest BCUT2D eigenvalue weighted by Gasteiger charge is 2.23. The molecule has 1 aliphatic rings. The van der Waals surface area contributed by atoms with Gasteiger partial charge in [-0.3, -0.25) is 0 Å². The molecule has 1 saturated heterocycles. The summed E-state index contributed by atoms with van der Waals surface area (Å²) in [7, 11) is 1.91. The highest BCUT2D eigenvalue weighted by molar-refractivity contribution is 5.55. The number of hydrogen-bond acceptors (Lipinski definition) is 3. The molecule has 0 bridgehead atoms. The lowest BCUT2D eigenvalue weighted by Gasteiger charge is -2.36. The zero-order chi connectivity index (χ0) is 15.2. The van der Waals surface area contributed by atoms with Crippen molar-refractivity contribution in [2.24, 2.45) is 0 Å². The van der Waals surface area contributed by atoms with Crippen molar-refractivity contribution in [1.82, 2.24) is 5.32 Å². The Morgan fingerprint density at radius 1 is 1.48 bits per heavy atom. The molecule has 2 rings (SSSR count). The fourth-order valence-corrected chi connectivity index (χ4v) is 2.89. The monoisotopic (exact) mass is 294 g/mol. The number of hydrogen-bond donors (Lipinski definition) is 1. The predicted octanol–water partition coefficient (Wildman–Crippen LogP) is 3.50. The lowest BCUT2D eigenvalue weighted by molar-refractivity contribution is 0.0440. The molecule has 0 saturated carbocycles. The van der Waals surface area contributed by atoms with E-state index in [4.69, 9.17) is 4.74 Å². The van der Waals surface area contributed by atoms with Crippen LogP contribution in [0.25, 0.3) is 0 Å². The van der Waals surface area contributed by atoms with Crippen LogP contribution in [0.4, 0.5) is 10.1 Å². The minimum Gasteiger partial charge on any atom is -0.376 e. The van der Waals surface area contributed by atoms with Crippen molar-refractivity contribution in [2.45, 2.75) is 45.3 Å². The van der Waals surface area contributed by atoms with Crippen LogP contribution in [0.5, 0.6) is 0 Å². The summed E-state index contributed by atoms with van der Waals surface area (Å²) in [5.74, 6) is -0.174. The van der Waals surface area contributed by atoms with Gasteiger partial charge < -0.3 is 15.0 Å². The Labute approximate surface area is 127 Å². The molecule has 3 nitrogen and oxygen atoms in total. The van der Waals surface area contributed by atoms with Crippen molar-refractivity contribution in [2.75, 3.05) is 31.6 Å². The summed E-state index contributed by atoms with van der Waals surface area (Å²) >= 11 is 0. The molecule has 0 spiro atoms. The maximum Gasteiger partial charge on any atom is 0.123 e. The van der Waals surface area contributed by atoms with Crippen molar-refractivity contribution in [1.29, 1.82) is 0 Å². The number of anilines is 1. The lowest BCUT2D eigenvalue weighted by Crippen LogP contribution is -2.40. The summed E-state index contributed by atoms with van der Waals surface area (Å²) in [5.41, 5.74) is 2.15. The maximum absolute atomic E-state index is 13.6. The fourth-order valence-electron chi connectivity index (χ4n) is 2.89. The molecule has 0 aliphatic carbocycles. The highest BCUT2D eigenvalue weighted by Crippen LogP contribution is 2.30. The maximum atomic E-state index is 13.6. The SMILES string of the molecule is CCCOC1CCCN(c2ccc(F)cc2C(C)NC)C1. The molecule has 0 amide bonds. The number of benzene rings is 1. The van der Waals surface area contributed by atoms with Gasteiger partial charge in [-0.05, 0) is 57.0 Å². The Kier molecular flexibility index (Phi) is 6.00. The predicted molar refractivity (Wildman–Crippen MR) is 85.4 cm³/mol. The second kappa shape index (κ2) is 7.76. The zero-order valence-electron chi connectivity index (χ0n) is 13.4. The third kappa shape index (κ3) is 4.17. The molecule has 118 valence electrons. The van der Waals surface area contributed by atoms with Crippen molar-refractivity contribution in [3.05, 3.63) is 29.6 Å². The van der Waals surface area contributed by atoms with Gasteiger partial charge in [0.25, 0.3) is 0 Å². The van der Waals surface area contributed by atoms with E-state index >= 15 is 0 Å². The molecular formula is C17H27FN2O. The zero-order valence-corrected chi connectivity index (χ0v) is 13.4. The first-order valence-corrected chi connectivity index (χ1v) is 7.99. The van der Waals surface area contributed by atoms with Crippen molar-refractivity contribution < 1.29 is 9.13 Å². The van der Waals surface area contributed by atoms with E-state index in [1.54, 1.807) is 12.1 Å². The third-order valence-corrected chi connectivity index (χ3v) is 4.17. The van der Waals surface area contributed by atoms with Crippen LogP contribution < -0.4 is 10.2 Å². The van der Waals surface area contributed by atoms with Crippen LogP contribution >= 0.6 is 0 Å². The number of ether oxygens (including phenoxy) is 1. The van der Waals surface area contributed by atoms with Gasteiger partial charge in [-0.25, -0.2) is 4.39 Å². The minimum absolute atomic E-state index is 0.132. The Bertz CT molecular complexity index is 452. The van der Waals surface area contributed by atoms with Gasteiger partial charge >= 0.3 is 0 Å². The van der Waals surface area contributed by atoms with E-state index in [2.05, 4.69) is 24.1 Å². The fraction of sp³-hybridized carbons (Fsp3) is 0.647. The van der Waals surface area contributed by atoms with Crippen LogP contribution in [0.2, 0.25) is 0 Å². The molecule has 1 aliphatic heterocycles. The van der Waals surface area contributed by atoms with Crippen molar-refractivity contribution in [3.63, 3.8) is 0 Å². The van der Waals surface area contributed by atoms with Gasteiger partial charge in [0, 0.05) is 31.4 Å². The number of piperidine rings is 1. The van der Waals surface area contributed by atoms with Crippen LogP contribution in [-0.4, -0.2) is 32.8 Å². The average molecular weight is 294 g/mol. The topological polar surface area (TPSA) is 24.5 Å². The largest absolute Gasteiger partial charge is 0.376 e.